The summed E-state index contributed by atoms with van der Waals surface area (Å²) in [4.78, 5) is 14.9. The Morgan fingerprint density at radius 2 is 1.79 bits per heavy atom. The number of carbonyl (C=O) groups is 1. The maximum Gasteiger partial charge on any atom is 0.338 e. The van der Waals surface area contributed by atoms with Crippen molar-refractivity contribution in [1.29, 1.82) is 0 Å². The summed E-state index contributed by atoms with van der Waals surface area (Å²) >= 11 is 0. The van der Waals surface area contributed by atoms with Gasteiger partial charge in [-0.1, -0.05) is 66.7 Å². The first-order valence-corrected chi connectivity index (χ1v) is 10.1. The third-order valence-corrected chi connectivity index (χ3v) is 5.40. The third-order valence-electron chi connectivity index (χ3n) is 5.40. The van der Waals surface area contributed by atoms with E-state index in [1.165, 1.54) is 11.8 Å². The summed E-state index contributed by atoms with van der Waals surface area (Å²) in [6.07, 6.45) is 5.44. The molecule has 2 aromatic carbocycles. The summed E-state index contributed by atoms with van der Waals surface area (Å²) in [6.45, 7) is 6.61. The van der Waals surface area contributed by atoms with Gasteiger partial charge in [-0.2, -0.15) is 0 Å². The molecule has 5 heteroatoms. The molecule has 4 N–H and O–H groups in total. The summed E-state index contributed by atoms with van der Waals surface area (Å²) in [5.74, 6) is 6.09. The topological polar surface area (TPSA) is 75.6 Å². The number of benzene rings is 2. The highest BCUT2D eigenvalue weighted by atomic mass is 16.2. The van der Waals surface area contributed by atoms with Crippen LogP contribution in [0.5, 0.6) is 0 Å². The molecule has 1 unspecified atom stereocenters. The van der Waals surface area contributed by atoms with E-state index in [0.717, 1.165) is 47.4 Å². The van der Waals surface area contributed by atoms with Crippen LogP contribution in [-0.4, -0.2) is 28.5 Å². The van der Waals surface area contributed by atoms with Gasteiger partial charge in [-0.3, -0.25) is 0 Å². The molecule has 3 rings (SSSR count). The standard InChI is InChI=1S/C24H30N4O/c1-18(2)20-11-13-21(14-12-20)23(25)17-28(26)24(29)27-15-7-6-10-22(27)16-19-8-4-3-5-9-19/h3-5,8-9,11-14,17,22H,1,6-7,10,15-16,25-26H2,2H3/b23-17-. The number of piperidine rings is 1. The fraction of sp³-hybridized carbons (Fsp3) is 0.292. The van der Waals surface area contributed by atoms with Gasteiger partial charge in [0, 0.05) is 18.8 Å². The zero-order chi connectivity index (χ0) is 20.8. The Labute approximate surface area is 173 Å². The van der Waals surface area contributed by atoms with Crippen LogP contribution in [0.2, 0.25) is 0 Å². The highest BCUT2D eigenvalue weighted by molar-refractivity contribution is 5.78. The van der Waals surface area contributed by atoms with Gasteiger partial charge >= 0.3 is 6.03 Å². The van der Waals surface area contributed by atoms with E-state index < -0.39 is 0 Å². The Balaban J connectivity index is 1.71. The van der Waals surface area contributed by atoms with Crippen LogP contribution in [0.1, 0.15) is 42.9 Å². The predicted molar refractivity (Wildman–Crippen MR) is 119 cm³/mol. The summed E-state index contributed by atoms with van der Waals surface area (Å²) < 4.78 is 0. The van der Waals surface area contributed by atoms with Gasteiger partial charge in [-0.15, -0.1) is 0 Å². The van der Waals surface area contributed by atoms with Crippen LogP contribution >= 0.6 is 0 Å². The van der Waals surface area contributed by atoms with Gasteiger partial charge in [-0.25, -0.2) is 15.6 Å². The van der Waals surface area contributed by atoms with Crippen molar-refractivity contribution < 1.29 is 4.79 Å². The molecule has 0 saturated carbocycles. The number of amides is 2. The molecule has 1 fully saturated rings. The monoisotopic (exact) mass is 390 g/mol. The summed E-state index contributed by atoms with van der Waals surface area (Å²) in [6, 6.07) is 17.9. The smallest absolute Gasteiger partial charge is 0.338 e. The number of hydrogen-bond donors (Lipinski definition) is 2. The second-order valence-corrected chi connectivity index (χ2v) is 7.66. The molecule has 0 bridgehead atoms. The van der Waals surface area contributed by atoms with Crippen molar-refractivity contribution in [2.24, 2.45) is 11.6 Å². The van der Waals surface area contributed by atoms with E-state index >= 15 is 0 Å². The van der Waals surface area contributed by atoms with E-state index in [9.17, 15) is 4.79 Å². The molecule has 29 heavy (non-hydrogen) atoms. The molecular weight excluding hydrogens is 360 g/mol. The van der Waals surface area contributed by atoms with E-state index in [0.29, 0.717) is 12.2 Å². The van der Waals surface area contributed by atoms with Crippen molar-refractivity contribution >= 4 is 17.3 Å². The number of allylic oxidation sites excluding steroid dienone is 1. The Morgan fingerprint density at radius 1 is 1.14 bits per heavy atom. The zero-order valence-electron chi connectivity index (χ0n) is 17.1. The van der Waals surface area contributed by atoms with Crippen molar-refractivity contribution in [1.82, 2.24) is 9.91 Å². The fourth-order valence-corrected chi connectivity index (χ4v) is 3.73. The molecule has 0 radical (unpaired) electrons. The van der Waals surface area contributed by atoms with E-state index in [1.54, 1.807) is 0 Å². The zero-order valence-corrected chi connectivity index (χ0v) is 17.1. The highest BCUT2D eigenvalue weighted by Gasteiger charge is 2.28. The number of hydrazine groups is 1. The Bertz CT molecular complexity index is 874. The quantitative estimate of drug-likeness (QED) is 0.452. The first-order chi connectivity index (χ1) is 14.0. The molecular formula is C24H30N4O. The van der Waals surface area contributed by atoms with Gasteiger partial charge in [0.25, 0.3) is 0 Å². The number of urea groups is 1. The maximum absolute atomic E-state index is 13.0. The molecule has 1 heterocycles. The predicted octanol–water partition coefficient (Wildman–Crippen LogP) is 4.37. The molecule has 5 nitrogen and oxygen atoms in total. The molecule has 0 aliphatic carbocycles. The van der Waals surface area contributed by atoms with Gasteiger partial charge in [0.1, 0.15) is 0 Å². The molecule has 1 aliphatic heterocycles. The number of nitrogens with zero attached hydrogens (tertiary/aromatic N) is 2. The minimum absolute atomic E-state index is 0.147. The normalized spacial score (nSPS) is 17.1. The van der Waals surface area contributed by atoms with Gasteiger partial charge in [-0.05, 0) is 49.3 Å². The van der Waals surface area contributed by atoms with Crippen molar-refractivity contribution in [2.75, 3.05) is 6.54 Å². The molecule has 1 aliphatic rings. The Hall–Kier alpha value is -3.05. The molecule has 2 aromatic rings. The fourth-order valence-electron chi connectivity index (χ4n) is 3.73. The molecule has 1 saturated heterocycles. The van der Waals surface area contributed by atoms with Gasteiger partial charge < -0.3 is 10.6 Å². The van der Waals surface area contributed by atoms with E-state index in [4.69, 9.17) is 11.6 Å². The number of carbonyl (C=O) groups excluding carboxylic acids is 1. The van der Waals surface area contributed by atoms with Crippen LogP contribution in [0.25, 0.3) is 11.3 Å². The van der Waals surface area contributed by atoms with Gasteiger partial charge in [0.2, 0.25) is 0 Å². The van der Waals surface area contributed by atoms with E-state index in [-0.39, 0.29) is 12.1 Å². The highest BCUT2D eigenvalue weighted by Crippen LogP contribution is 2.22. The van der Waals surface area contributed by atoms with Crippen LogP contribution in [0.15, 0.2) is 67.4 Å². The minimum Gasteiger partial charge on any atom is -0.397 e. The number of likely N-dealkylation sites (tertiary alicyclic amines) is 1. The van der Waals surface area contributed by atoms with Crippen molar-refractivity contribution in [3.05, 3.63) is 84.1 Å². The number of hydrogen-bond acceptors (Lipinski definition) is 3. The largest absolute Gasteiger partial charge is 0.397 e. The lowest BCUT2D eigenvalue weighted by Gasteiger charge is -2.37. The molecule has 0 spiro atoms. The first kappa shape index (κ1) is 20.7. The van der Waals surface area contributed by atoms with Crippen molar-refractivity contribution in [3.63, 3.8) is 0 Å². The SMILES string of the molecule is C=C(C)c1ccc(/C(N)=C/N(N)C(=O)N2CCCCC2Cc2ccccc2)cc1. The lowest BCUT2D eigenvalue weighted by Crippen LogP contribution is -2.51. The summed E-state index contributed by atoms with van der Waals surface area (Å²) in [5, 5.41) is 1.12. The lowest BCUT2D eigenvalue weighted by atomic mass is 9.96. The van der Waals surface area contributed by atoms with Gasteiger partial charge in [0.15, 0.2) is 0 Å². The van der Waals surface area contributed by atoms with E-state index in [1.807, 2.05) is 54.3 Å². The maximum atomic E-state index is 13.0. The minimum atomic E-state index is -0.216. The summed E-state index contributed by atoms with van der Waals surface area (Å²) in [5.41, 5.74) is 10.7. The first-order valence-electron chi connectivity index (χ1n) is 10.1. The average Bonchev–Trinajstić information content (AvgIpc) is 2.74. The molecule has 2 amide bonds. The number of rotatable bonds is 5. The van der Waals surface area contributed by atoms with E-state index in [2.05, 4.69) is 18.7 Å². The molecule has 1 atom stereocenters. The molecule has 0 aromatic heterocycles. The van der Waals surface area contributed by atoms with Crippen molar-refractivity contribution in [2.45, 2.75) is 38.6 Å². The number of nitrogens with two attached hydrogens (primary N) is 2. The Morgan fingerprint density at radius 3 is 2.45 bits per heavy atom. The van der Waals surface area contributed by atoms with Crippen LogP contribution < -0.4 is 11.6 Å². The van der Waals surface area contributed by atoms with Gasteiger partial charge in [0.05, 0.1) is 5.70 Å². The third kappa shape index (κ3) is 5.27. The second-order valence-electron chi connectivity index (χ2n) is 7.66. The lowest BCUT2D eigenvalue weighted by molar-refractivity contribution is 0.127. The van der Waals surface area contributed by atoms with Crippen LogP contribution in [0.4, 0.5) is 4.79 Å². The second kappa shape index (κ2) is 9.43. The van der Waals surface area contributed by atoms with Crippen LogP contribution in [-0.2, 0) is 6.42 Å². The Kier molecular flexibility index (Phi) is 6.73. The van der Waals surface area contributed by atoms with Crippen LogP contribution in [0, 0.1) is 0 Å². The average molecular weight is 391 g/mol. The van der Waals surface area contributed by atoms with Crippen molar-refractivity contribution in [3.8, 4) is 0 Å². The summed E-state index contributed by atoms with van der Waals surface area (Å²) in [7, 11) is 0. The van der Waals surface area contributed by atoms with Crippen LogP contribution in [0.3, 0.4) is 0 Å². The molecule has 152 valence electrons.